The summed E-state index contributed by atoms with van der Waals surface area (Å²) in [7, 11) is -3.54. The van der Waals surface area contributed by atoms with Gasteiger partial charge in [-0.2, -0.15) is 0 Å². The highest BCUT2D eigenvalue weighted by Crippen LogP contribution is 2.53. The molecule has 2 aromatic rings. The molecule has 0 aliphatic heterocycles. The van der Waals surface area contributed by atoms with Crippen LogP contribution in [-0.4, -0.2) is 26.2 Å². The van der Waals surface area contributed by atoms with E-state index in [0.717, 1.165) is 29.5 Å². The van der Waals surface area contributed by atoms with Gasteiger partial charge in [0, 0.05) is 8.15 Å². The number of allylic oxidation sites excluding steroid dienone is 1. The summed E-state index contributed by atoms with van der Waals surface area (Å²) in [5.41, 5.74) is 3.30. The predicted octanol–water partition coefficient (Wildman–Crippen LogP) is 4.87. The van der Waals surface area contributed by atoms with E-state index in [1.165, 1.54) is 0 Å². The number of rotatable bonds is 9. The highest BCUT2D eigenvalue weighted by atomic mass is 31.2. The maximum Gasteiger partial charge on any atom is 0.175 e. The summed E-state index contributed by atoms with van der Waals surface area (Å²) in [6, 6.07) is 18.2. The molecular formula is C19H24O3P2. The molecule has 5 heteroatoms. The lowest BCUT2D eigenvalue weighted by Crippen LogP contribution is -2.09. The lowest BCUT2D eigenvalue weighted by molar-refractivity contribution is 0.473. The summed E-state index contributed by atoms with van der Waals surface area (Å²) in [5, 5.41) is -0.456. The Morgan fingerprint density at radius 2 is 1.54 bits per heavy atom. The molecule has 0 aliphatic rings. The number of benzene rings is 2. The van der Waals surface area contributed by atoms with Gasteiger partial charge < -0.3 is 14.7 Å². The molecule has 0 bridgehead atoms. The lowest BCUT2D eigenvalue weighted by atomic mass is 10.0. The first-order valence-corrected chi connectivity index (χ1v) is 10.9. The maximum atomic E-state index is 10.3. The second-order valence-corrected chi connectivity index (χ2v) is 9.28. The van der Waals surface area contributed by atoms with Crippen molar-refractivity contribution in [1.82, 2.24) is 0 Å². The van der Waals surface area contributed by atoms with Crippen molar-refractivity contribution in [1.29, 1.82) is 0 Å². The van der Waals surface area contributed by atoms with Gasteiger partial charge in [-0.05, 0) is 42.1 Å². The smallest absolute Gasteiger partial charge is 0.175 e. The van der Waals surface area contributed by atoms with Gasteiger partial charge in [0.05, 0.1) is 5.40 Å². The van der Waals surface area contributed by atoms with Crippen LogP contribution in [-0.2, 0) is 6.42 Å². The SMILES string of the molecule is C=CCCCP(O)C(Cc1ccc(-c2ccccc2)cc1)P(O)O. The molecule has 0 saturated carbocycles. The quantitative estimate of drug-likeness (QED) is 0.339. The van der Waals surface area contributed by atoms with Crippen molar-refractivity contribution in [2.75, 3.05) is 6.16 Å². The Kier molecular flexibility index (Phi) is 8.05. The average molecular weight is 362 g/mol. The largest absolute Gasteiger partial charge is 0.373 e. The first-order chi connectivity index (χ1) is 11.6. The monoisotopic (exact) mass is 362 g/mol. The molecule has 3 nitrogen and oxygen atoms in total. The molecule has 0 fully saturated rings. The Morgan fingerprint density at radius 1 is 0.917 bits per heavy atom. The fraction of sp³-hybridized carbons (Fsp3) is 0.263. The van der Waals surface area contributed by atoms with E-state index in [1.807, 2.05) is 48.5 Å². The Bertz CT molecular complexity index is 614. The lowest BCUT2D eigenvalue weighted by Gasteiger charge is -2.23. The van der Waals surface area contributed by atoms with Crippen LogP contribution >= 0.6 is 16.5 Å². The second-order valence-electron chi connectivity index (χ2n) is 5.66. The first-order valence-electron chi connectivity index (χ1n) is 7.99. The summed E-state index contributed by atoms with van der Waals surface area (Å²) < 4.78 is 0. The van der Waals surface area contributed by atoms with E-state index < -0.39 is 21.9 Å². The fourth-order valence-corrected chi connectivity index (χ4v) is 5.43. The molecule has 0 spiro atoms. The van der Waals surface area contributed by atoms with Crippen LogP contribution in [0.1, 0.15) is 18.4 Å². The van der Waals surface area contributed by atoms with Crippen LogP contribution in [0.4, 0.5) is 0 Å². The van der Waals surface area contributed by atoms with Gasteiger partial charge in [0.2, 0.25) is 0 Å². The Balaban J connectivity index is 2.03. The molecule has 2 unspecified atom stereocenters. The van der Waals surface area contributed by atoms with E-state index in [-0.39, 0.29) is 0 Å². The third-order valence-electron chi connectivity index (χ3n) is 3.89. The van der Waals surface area contributed by atoms with Crippen LogP contribution in [0.2, 0.25) is 0 Å². The summed E-state index contributed by atoms with van der Waals surface area (Å²) in [5.74, 6) is 0. The standard InChI is InChI=1S/C19H24O3P2/c1-2-3-7-14-23(20)19(24(21)22)15-16-10-12-18(13-11-16)17-8-5-4-6-9-17/h2,4-6,8-13,19-22H,1,3,7,14-15H2. The van der Waals surface area contributed by atoms with Crippen LogP contribution in [0, 0.1) is 0 Å². The van der Waals surface area contributed by atoms with Gasteiger partial charge in [-0.1, -0.05) is 60.7 Å². The van der Waals surface area contributed by atoms with Crippen LogP contribution in [0.15, 0.2) is 67.3 Å². The van der Waals surface area contributed by atoms with Crippen molar-refractivity contribution in [3.8, 4) is 11.1 Å². The topological polar surface area (TPSA) is 60.7 Å². The molecular weight excluding hydrogens is 338 g/mol. The fourth-order valence-electron chi connectivity index (χ4n) is 2.53. The summed E-state index contributed by atoms with van der Waals surface area (Å²) in [6.45, 7) is 3.67. The van der Waals surface area contributed by atoms with E-state index in [2.05, 4.69) is 18.7 Å². The molecule has 2 rings (SSSR count). The predicted molar refractivity (Wildman–Crippen MR) is 104 cm³/mol. The molecule has 128 valence electrons. The van der Waals surface area contributed by atoms with E-state index in [9.17, 15) is 14.7 Å². The molecule has 0 aromatic heterocycles. The molecule has 3 N–H and O–H groups in total. The highest BCUT2D eigenvalue weighted by molar-refractivity contribution is 7.67. The normalized spacial score (nSPS) is 13.7. The summed E-state index contributed by atoms with van der Waals surface area (Å²) >= 11 is 0. The molecule has 0 radical (unpaired) electrons. The molecule has 0 heterocycles. The molecule has 2 atom stereocenters. The Hall–Kier alpha value is -1.08. The van der Waals surface area contributed by atoms with E-state index >= 15 is 0 Å². The molecule has 0 amide bonds. The van der Waals surface area contributed by atoms with Crippen molar-refractivity contribution in [2.24, 2.45) is 0 Å². The molecule has 2 aromatic carbocycles. The number of hydrogen-bond donors (Lipinski definition) is 3. The maximum absolute atomic E-state index is 10.3. The minimum Gasteiger partial charge on any atom is -0.373 e. The van der Waals surface area contributed by atoms with Crippen LogP contribution in [0.25, 0.3) is 11.1 Å². The van der Waals surface area contributed by atoms with Gasteiger partial charge in [-0.15, -0.1) is 6.58 Å². The van der Waals surface area contributed by atoms with Crippen LogP contribution < -0.4 is 0 Å². The van der Waals surface area contributed by atoms with Gasteiger partial charge >= 0.3 is 0 Å². The van der Waals surface area contributed by atoms with Crippen molar-refractivity contribution < 1.29 is 14.7 Å². The minimum absolute atomic E-state index is 0.456. The van der Waals surface area contributed by atoms with Gasteiger partial charge in [-0.3, -0.25) is 0 Å². The van der Waals surface area contributed by atoms with Gasteiger partial charge in [-0.25, -0.2) is 0 Å². The van der Waals surface area contributed by atoms with Crippen molar-refractivity contribution in [2.45, 2.75) is 24.7 Å². The van der Waals surface area contributed by atoms with Gasteiger partial charge in [0.1, 0.15) is 0 Å². The zero-order chi connectivity index (χ0) is 17.4. The zero-order valence-electron chi connectivity index (χ0n) is 13.6. The zero-order valence-corrected chi connectivity index (χ0v) is 15.4. The molecule has 0 saturated heterocycles. The van der Waals surface area contributed by atoms with E-state index in [4.69, 9.17) is 0 Å². The Morgan fingerprint density at radius 3 is 2.12 bits per heavy atom. The van der Waals surface area contributed by atoms with Crippen molar-refractivity contribution in [3.05, 3.63) is 72.8 Å². The van der Waals surface area contributed by atoms with Crippen LogP contribution in [0.5, 0.6) is 0 Å². The van der Waals surface area contributed by atoms with E-state index in [0.29, 0.717) is 12.6 Å². The van der Waals surface area contributed by atoms with Gasteiger partial charge in [0.25, 0.3) is 0 Å². The molecule has 0 aliphatic carbocycles. The average Bonchev–Trinajstić information content (AvgIpc) is 2.61. The van der Waals surface area contributed by atoms with Crippen LogP contribution in [0.3, 0.4) is 0 Å². The van der Waals surface area contributed by atoms with E-state index in [1.54, 1.807) is 0 Å². The van der Waals surface area contributed by atoms with Crippen molar-refractivity contribution >= 4 is 16.5 Å². The first kappa shape index (κ1) is 19.2. The second kappa shape index (κ2) is 10.0. The third-order valence-corrected chi connectivity index (χ3v) is 7.67. The van der Waals surface area contributed by atoms with Crippen molar-refractivity contribution in [3.63, 3.8) is 0 Å². The summed E-state index contributed by atoms with van der Waals surface area (Å²) in [6.07, 6.45) is 4.60. The summed E-state index contributed by atoms with van der Waals surface area (Å²) in [4.78, 5) is 29.7. The third kappa shape index (κ3) is 5.77. The Labute approximate surface area is 146 Å². The number of hydrogen-bond acceptors (Lipinski definition) is 3. The molecule has 24 heavy (non-hydrogen) atoms. The number of unbranched alkanes of at least 4 members (excludes halogenated alkanes) is 1. The minimum atomic E-state index is -2.15. The highest BCUT2D eigenvalue weighted by Gasteiger charge is 2.26. The van der Waals surface area contributed by atoms with Gasteiger partial charge in [0.15, 0.2) is 8.38 Å².